The summed E-state index contributed by atoms with van der Waals surface area (Å²) in [5, 5.41) is -0.156. The summed E-state index contributed by atoms with van der Waals surface area (Å²) >= 11 is 1.59. The molecule has 102 valence electrons. The molecule has 2 N–H and O–H groups in total. The lowest BCUT2D eigenvalue weighted by atomic mass is 10.2. The highest BCUT2D eigenvalue weighted by molar-refractivity contribution is 8.00. The van der Waals surface area contributed by atoms with Crippen LogP contribution in [0.4, 0.5) is 0 Å². The first kappa shape index (κ1) is 13.9. The first-order valence-corrected chi connectivity index (χ1v) is 7.87. The molecule has 18 heavy (non-hydrogen) atoms. The summed E-state index contributed by atoms with van der Waals surface area (Å²) in [7, 11) is 0. The fourth-order valence-corrected chi connectivity index (χ4v) is 4.00. The molecule has 2 aliphatic rings. The van der Waals surface area contributed by atoms with E-state index in [2.05, 4.69) is 0 Å². The predicted molar refractivity (Wildman–Crippen MR) is 73.2 cm³/mol. The molecule has 2 fully saturated rings. The quantitative estimate of drug-likeness (QED) is 0.770. The van der Waals surface area contributed by atoms with Gasteiger partial charge in [-0.25, -0.2) is 0 Å². The number of nitrogens with zero attached hydrogens (tertiary/aromatic N) is 1. The van der Waals surface area contributed by atoms with Gasteiger partial charge in [0.2, 0.25) is 11.8 Å². The first-order chi connectivity index (χ1) is 8.59. The van der Waals surface area contributed by atoms with Crippen LogP contribution in [0.15, 0.2) is 0 Å². The van der Waals surface area contributed by atoms with Crippen molar-refractivity contribution in [2.24, 2.45) is 5.73 Å². The fraction of sp³-hybridized carbons (Fsp3) is 0.846. The van der Waals surface area contributed by atoms with Gasteiger partial charge >= 0.3 is 0 Å². The summed E-state index contributed by atoms with van der Waals surface area (Å²) in [6.07, 6.45) is 5.56. The van der Waals surface area contributed by atoms with E-state index in [9.17, 15) is 9.59 Å². The smallest absolute Gasteiger partial charge is 0.243 e. The van der Waals surface area contributed by atoms with Crippen LogP contribution in [-0.4, -0.2) is 39.8 Å². The van der Waals surface area contributed by atoms with E-state index in [0.717, 1.165) is 37.9 Å². The van der Waals surface area contributed by atoms with Gasteiger partial charge in [0.05, 0.1) is 5.25 Å². The highest BCUT2D eigenvalue weighted by Crippen LogP contribution is 2.32. The number of rotatable bonds is 5. The Kier molecular flexibility index (Phi) is 4.67. The zero-order valence-electron chi connectivity index (χ0n) is 10.9. The van der Waals surface area contributed by atoms with Crippen molar-refractivity contribution in [3.8, 4) is 0 Å². The Bertz CT molecular complexity index is 327. The number of carbonyl (C=O) groups is 2. The highest BCUT2D eigenvalue weighted by atomic mass is 32.2. The minimum absolute atomic E-state index is 0.0326. The maximum Gasteiger partial charge on any atom is 0.243 e. The van der Waals surface area contributed by atoms with Crippen LogP contribution < -0.4 is 5.73 Å². The van der Waals surface area contributed by atoms with Crippen molar-refractivity contribution in [2.75, 3.05) is 5.75 Å². The van der Waals surface area contributed by atoms with Gasteiger partial charge in [0.15, 0.2) is 0 Å². The van der Waals surface area contributed by atoms with Crippen LogP contribution in [0.1, 0.15) is 45.4 Å². The molecule has 1 saturated heterocycles. The molecule has 1 aliphatic carbocycles. The Labute approximate surface area is 113 Å². The number of likely N-dealkylation sites (tertiary alicyclic amines) is 1. The van der Waals surface area contributed by atoms with Gasteiger partial charge in [-0.1, -0.05) is 12.8 Å². The molecular formula is C13H22N2O2S. The van der Waals surface area contributed by atoms with E-state index in [4.69, 9.17) is 5.73 Å². The third-order valence-electron chi connectivity index (χ3n) is 3.72. The number of hydrogen-bond acceptors (Lipinski definition) is 4. The Balaban J connectivity index is 1.87. The molecule has 1 aliphatic heterocycles. The summed E-state index contributed by atoms with van der Waals surface area (Å²) in [5.74, 6) is 0.937. The Hall–Kier alpha value is -0.550. The first-order valence-electron chi connectivity index (χ1n) is 6.82. The van der Waals surface area contributed by atoms with E-state index >= 15 is 0 Å². The zero-order valence-corrected chi connectivity index (χ0v) is 11.7. The second kappa shape index (κ2) is 6.06. The number of imide groups is 1. The van der Waals surface area contributed by atoms with Crippen molar-refractivity contribution in [3.05, 3.63) is 0 Å². The van der Waals surface area contributed by atoms with Crippen molar-refractivity contribution in [2.45, 2.75) is 62.8 Å². The van der Waals surface area contributed by atoms with Crippen molar-refractivity contribution in [1.29, 1.82) is 0 Å². The topological polar surface area (TPSA) is 63.4 Å². The summed E-state index contributed by atoms with van der Waals surface area (Å²) < 4.78 is 0. The van der Waals surface area contributed by atoms with Crippen LogP contribution in [0.5, 0.6) is 0 Å². The van der Waals surface area contributed by atoms with Gasteiger partial charge < -0.3 is 5.73 Å². The van der Waals surface area contributed by atoms with Crippen LogP contribution in [0.2, 0.25) is 0 Å². The molecule has 0 spiro atoms. The second-order valence-corrected chi connectivity index (χ2v) is 6.68. The van der Waals surface area contributed by atoms with Crippen LogP contribution in [-0.2, 0) is 9.59 Å². The minimum atomic E-state index is -0.156. The zero-order chi connectivity index (χ0) is 13.1. The Morgan fingerprint density at radius 2 is 2.06 bits per heavy atom. The average Bonchev–Trinajstić information content (AvgIpc) is 2.88. The van der Waals surface area contributed by atoms with Gasteiger partial charge in [0.25, 0.3) is 0 Å². The number of amides is 2. The van der Waals surface area contributed by atoms with E-state index in [1.54, 1.807) is 16.7 Å². The van der Waals surface area contributed by atoms with E-state index < -0.39 is 0 Å². The van der Waals surface area contributed by atoms with Crippen molar-refractivity contribution >= 4 is 23.6 Å². The van der Waals surface area contributed by atoms with Crippen molar-refractivity contribution in [1.82, 2.24) is 4.90 Å². The Morgan fingerprint density at radius 3 is 2.67 bits per heavy atom. The third-order valence-corrected chi connectivity index (χ3v) is 4.97. The largest absolute Gasteiger partial charge is 0.328 e. The average molecular weight is 270 g/mol. The third kappa shape index (κ3) is 3.06. The number of carbonyl (C=O) groups excluding carboxylic acids is 2. The van der Waals surface area contributed by atoms with Gasteiger partial charge in [-0.15, -0.1) is 11.8 Å². The molecule has 0 radical (unpaired) electrons. The molecule has 5 heteroatoms. The molecule has 2 unspecified atom stereocenters. The molecule has 2 rings (SSSR count). The fourth-order valence-electron chi connectivity index (χ4n) is 2.69. The maximum absolute atomic E-state index is 12.2. The summed E-state index contributed by atoms with van der Waals surface area (Å²) in [6, 6.07) is 0.347. The van der Waals surface area contributed by atoms with E-state index in [1.165, 1.54) is 0 Å². The number of hydrogen-bond donors (Lipinski definition) is 1. The van der Waals surface area contributed by atoms with Gasteiger partial charge in [-0.2, -0.15) is 0 Å². The van der Waals surface area contributed by atoms with Gasteiger partial charge in [-0.05, 0) is 31.9 Å². The lowest BCUT2D eigenvalue weighted by Crippen LogP contribution is -2.39. The standard InChI is InChI=1S/C13H22N2O2S/c1-9(14)6-7-18-11-8-12(16)15(13(11)17)10-4-2-3-5-10/h9-11H,2-8,14H2,1H3. The molecule has 2 atom stereocenters. The second-order valence-electron chi connectivity index (χ2n) is 5.37. The molecule has 1 saturated carbocycles. The van der Waals surface area contributed by atoms with Crippen LogP contribution in [0.25, 0.3) is 0 Å². The summed E-state index contributed by atoms with van der Waals surface area (Å²) in [6.45, 7) is 1.97. The molecule has 1 heterocycles. The SMILES string of the molecule is CC(N)CCSC1CC(=O)N(C2CCCC2)C1=O. The van der Waals surface area contributed by atoms with Crippen LogP contribution >= 0.6 is 11.8 Å². The number of nitrogens with two attached hydrogens (primary N) is 1. The normalized spacial score (nSPS) is 27.2. The highest BCUT2D eigenvalue weighted by Gasteiger charge is 2.42. The number of thioether (sulfide) groups is 1. The molecule has 0 bridgehead atoms. The van der Waals surface area contributed by atoms with Crippen molar-refractivity contribution < 1.29 is 9.59 Å². The van der Waals surface area contributed by atoms with E-state index in [0.29, 0.717) is 6.42 Å². The summed E-state index contributed by atoms with van der Waals surface area (Å²) in [4.78, 5) is 25.7. The van der Waals surface area contributed by atoms with Crippen LogP contribution in [0.3, 0.4) is 0 Å². The molecule has 4 nitrogen and oxygen atoms in total. The maximum atomic E-state index is 12.2. The lowest BCUT2D eigenvalue weighted by molar-refractivity contribution is -0.140. The van der Waals surface area contributed by atoms with Gasteiger partial charge in [0, 0.05) is 18.5 Å². The van der Waals surface area contributed by atoms with Gasteiger partial charge in [-0.3, -0.25) is 14.5 Å². The lowest BCUT2D eigenvalue weighted by Gasteiger charge is -2.22. The monoisotopic (exact) mass is 270 g/mol. The van der Waals surface area contributed by atoms with Crippen LogP contribution in [0, 0.1) is 0 Å². The Morgan fingerprint density at radius 1 is 1.39 bits per heavy atom. The molecule has 0 aromatic heterocycles. The van der Waals surface area contributed by atoms with E-state index in [-0.39, 0.29) is 29.1 Å². The molecule has 2 amide bonds. The molecular weight excluding hydrogens is 248 g/mol. The summed E-state index contributed by atoms with van der Waals surface area (Å²) in [5.41, 5.74) is 5.69. The molecule has 0 aromatic rings. The molecule has 0 aromatic carbocycles. The predicted octanol–water partition coefficient (Wildman–Crippen LogP) is 1.53. The van der Waals surface area contributed by atoms with E-state index in [1.807, 2.05) is 6.92 Å². The van der Waals surface area contributed by atoms with Gasteiger partial charge in [0.1, 0.15) is 0 Å². The minimum Gasteiger partial charge on any atom is -0.328 e. The van der Waals surface area contributed by atoms with Crippen molar-refractivity contribution in [3.63, 3.8) is 0 Å².